The summed E-state index contributed by atoms with van der Waals surface area (Å²) in [6.07, 6.45) is 5.22. The van der Waals surface area contributed by atoms with Crippen LogP contribution in [0.15, 0.2) is 0 Å². The topological polar surface area (TPSA) is 168 Å². The maximum absolute atomic E-state index is 13.5. The van der Waals surface area contributed by atoms with Crippen LogP contribution in [0.4, 0.5) is 0 Å². The van der Waals surface area contributed by atoms with Crippen molar-refractivity contribution in [2.75, 3.05) is 19.6 Å². The Morgan fingerprint density at radius 2 is 1.54 bits per heavy atom. The van der Waals surface area contributed by atoms with Crippen LogP contribution >= 0.6 is 0 Å². The van der Waals surface area contributed by atoms with Crippen molar-refractivity contribution in [1.29, 1.82) is 0 Å². The third-order valence-electron chi connectivity index (χ3n) is 12.3. The average Bonchev–Trinajstić information content (AvgIpc) is 3.29. The monoisotopic (exact) mass is 649 g/mol. The number of aliphatic carboxylic acids is 2. The van der Waals surface area contributed by atoms with Crippen LogP contribution in [0, 0.1) is 40.4 Å². The molecule has 0 aromatic carbocycles. The van der Waals surface area contributed by atoms with Crippen molar-refractivity contribution >= 4 is 29.7 Å². The summed E-state index contributed by atoms with van der Waals surface area (Å²) >= 11 is 0. The first-order valence-corrected chi connectivity index (χ1v) is 17.4. The van der Waals surface area contributed by atoms with E-state index in [9.17, 15) is 34.2 Å². The lowest BCUT2D eigenvalue weighted by atomic mass is 9.43. The molecule has 0 spiro atoms. The van der Waals surface area contributed by atoms with Crippen molar-refractivity contribution in [3.8, 4) is 0 Å². The number of rotatable bonds is 14. The summed E-state index contributed by atoms with van der Waals surface area (Å²) in [5.41, 5.74) is -3.15. The number of Topliss-reactive ketones (excluding diaryl/α,β-unsaturated/α-hetero) is 1. The summed E-state index contributed by atoms with van der Waals surface area (Å²) in [5, 5.41) is 28.7. The van der Waals surface area contributed by atoms with Crippen molar-refractivity contribution in [1.82, 2.24) is 4.90 Å². The predicted octanol–water partition coefficient (Wildman–Crippen LogP) is 4.47. The van der Waals surface area contributed by atoms with E-state index in [2.05, 4.69) is 32.6 Å². The van der Waals surface area contributed by atoms with Gasteiger partial charge >= 0.3 is 23.9 Å². The first-order valence-electron chi connectivity index (χ1n) is 17.4. The van der Waals surface area contributed by atoms with Crippen molar-refractivity contribution in [3.63, 3.8) is 0 Å². The van der Waals surface area contributed by atoms with Gasteiger partial charge in [-0.15, -0.1) is 0 Å². The largest absolute Gasteiger partial charge is 0.481 e. The van der Waals surface area contributed by atoms with Gasteiger partial charge in [-0.1, -0.05) is 27.7 Å². The highest BCUT2D eigenvalue weighted by molar-refractivity contribution is 5.88. The van der Waals surface area contributed by atoms with Crippen molar-refractivity contribution in [2.45, 2.75) is 129 Å². The quantitative estimate of drug-likeness (QED) is 0.227. The molecule has 0 bridgehead atoms. The fraction of sp³-hybridized carbons (Fsp3) is 0.857. The van der Waals surface area contributed by atoms with Gasteiger partial charge in [-0.25, -0.2) is 4.79 Å². The Morgan fingerprint density at radius 1 is 0.870 bits per heavy atom. The SMILES string of the molecule is CCCN(CCC)CC(=O)OC1C[C@]2(C)[C@@H](C(C)=O)CC[C@H]2[C@@H]2CCC3CC(OC(=O)CC(O)(CC(=O)O)C(=O)O)CC[C@]3(C)[C@@H]12. The summed E-state index contributed by atoms with van der Waals surface area (Å²) in [6, 6.07) is 0. The van der Waals surface area contributed by atoms with Crippen molar-refractivity contribution < 1.29 is 48.8 Å². The van der Waals surface area contributed by atoms with Crippen molar-refractivity contribution in [2.24, 2.45) is 40.4 Å². The fourth-order valence-electron chi connectivity index (χ4n) is 10.4. The molecule has 4 fully saturated rings. The number of aliphatic hydroxyl groups is 1. The molecule has 46 heavy (non-hydrogen) atoms. The minimum absolute atomic E-state index is 0.0393. The Bertz CT molecular complexity index is 1170. The number of hydrogen-bond donors (Lipinski definition) is 3. The molecule has 4 aliphatic rings. The number of ketones is 1. The van der Waals surface area contributed by atoms with E-state index in [4.69, 9.17) is 14.6 Å². The van der Waals surface area contributed by atoms with E-state index in [1.165, 1.54) is 0 Å². The molecule has 3 N–H and O–H groups in total. The van der Waals surface area contributed by atoms with Crippen LogP contribution in [0.2, 0.25) is 0 Å². The molecule has 0 saturated heterocycles. The molecule has 4 rings (SSSR count). The summed E-state index contributed by atoms with van der Waals surface area (Å²) in [6.45, 7) is 12.3. The zero-order valence-electron chi connectivity index (χ0n) is 28.3. The highest BCUT2D eigenvalue weighted by Gasteiger charge is 2.65. The minimum Gasteiger partial charge on any atom is -0.481 e. The molecule has 11 heteroatoms. The molecule has 11 nitrogen and oxygen atoms in total. The van der Waals surface area contributed by atoms with E-state index in [0.29, 0.717) is 31.1 Å². The Hall–Kier alpha value is -2.53. The molecule has 0 radical (unpaired) electrons. The maximum Gasteiger partial charge on any atom is 0.336 e. The Balaban J connectivity index is 1.54. The summed E-state index contributed by atoms with van der Waals surface area (Å²) in [7, 11) is 0. The number of carbonyl (C=O) groups excluding carboxylic acids is 3. The van der Waals surface area contributed by atoms with Gasteiger partial charge in [-0.2, -0.15) is 0 Å². The number of nitrogens with zero attached hydrogens (tertiary/aromatic N) is 1. The van der Waals surface area contributed by atoms with Crippen LogP contribution in [0.5, 0.6) is 0 Å². The van der Waals surface area contributed by atoms with Gasteiger partial charge in [0.2, 0.25) is 0 Å². The summed E-state index contributed by atoms with van der Waals surface area (Å²) in [5.74, 6) is -3.32. The maximum atomic E-state index is 13.5. The molecular weight excluding hydrogens is 594 g/mol. The van der Waals surface area contributed by atoms with Crippen LogP contribution in [-0.2, 0) is 33.4 Å². The molecule has 4 saturated carbocycles. The Labute approximate surface area is 272 Å². The van der Waals surface area contributed by atoms with Crippen LogP contribution in [0.3, 0.4) is 0 Å². The first-order chi connectivity index (χ1) is 21.6. The smallest absolute Gasteiger partial charge is 0.336 e. The zero-order chi connectivity index (χ0) is 34.0. The molecule has 10 atom stereocenters. The molecule has 4 unspecified atom stereocenters. The predicted molar refractivity (Wildman–Crippen MR) is 168 cm³/mol. The van der Waals surface area contributed by atoms with Gasteiger partial charge in [0, 0.05) is 11.8 Å². The lowest BCUT2D eigenvalue weighted by molar-refractivity contribution is -0.203. The van der Waals surface area contributed by atoms with E-state index in [1.54, 1.807) is 6.92 Å². The van der Waals surface area contributed by atoms with Crippen LogP contribution in [-0.4, -0.2) is 87.3 Å². The van der Waals surface area contributed by atoms with Crippen LogP contribution in [0.1, 0.15) is 112 Å². The average molecular weight is 650 g/mol. The van der Waals surface area contributed by atoms with Gasteiger partial charge in [-0.05, 0) is 113 Å². The van der Waals surface area contributed by atoms with Crippen LogP contribution < -0.4 is 0 Å². The first kappa shape index (κ1) is 36.3. The van der Waals surface area contributed by atoms with E-state index in [-0.39, 0.29) is 53.0 Å². The van der Waals surface area contributed by atoms with E-state index < -0.39 is 42.5 Å². The van der Waals surface area contributed by atoms with Crippen LogP contribution in [0.25, 0.3) is 0 Å². The second-order valence-corrected chi connectivity index (χ2v) is 15.3. The Kier molecular flexibility index (Phi) is 11.3. The normalized spacial score (nSPS) is 36.5. The van der Waals surface area contributed by atoms with E-state index in [1.807, 2.05) is 0 Å². The van der Waals surface area contributed by atoms with Gasteiger partial charge in [0.1, 0.15) is 18.0 Å². The molecular formula is C35H55NO10. The fourth-order valence-corrected chi connectivity index (χ4v) is 10.4. The molecule has 0 aliphatic heterocycles. The van der Waals surface area contributed by atoms with Gasteiger partial charge in [0.25, 0.3) is 0 Å². The summed E-state index contributed by atoms with van der Waals surface area (Å²) < 4.78 is 12.2. The second kappa shape index (κ2) is 14.3. The summed E-state index contributed by atoms with van der Waals surface area (Å²) in [4.78, 5) is 64.0. The van der Waals surface area contributed by atoms with E-state index >= 15 is 0 Å². The van der Waals surface area contributed by atoms with Gasteiger partial charge < -0.3 is 24.8 Å². The minimum atomic E-state index is -2.74. The lowest BCUT2D eigenvalue weighted by Crippen LogP contribution is -2.60. The highest BCUT2D eigenvalue weighted by atomic mass is 16.5. The molecule has 0 heterocycles. The van der Waals surface area contributed by atoms with E-state index in [0.717, 1.165) is 58.0 Å². The number of hydrogen-bond acceptors (Lipinski definition) is 9. The molecule has 0 amide bonds. The molecule has 0 aromatic heterocycles. The second-order valence-electron chi connectivity index (χ2n) is 15.3. The van der Waals surface area contributed by atoms with Gasteiger partial charge in [0.15, 0.2) is 5.60 Å². The third-order valence-corrected chi connectivity index (χ3v) is 12.3. The number of ether oxygens (including phenoxy) is 2. The number of carboxylic acids is 2. The highest BCUT2D eigenvalue weighted by Crippen LogP contribution is 2.68. The number of esters is 2. The molecule has 0 aromatic rings. The zero-order valence-corrected chi connectivity index (χ0v) is 28.3. The van der Waals surface area contributed by atoms with Gasteiger partial charge in [0.05, 0.1) is 19.4 Å². The molecule has 260 valence electrons. The third kappa shape index (κ3) is 7.30. The lowest BCUT2D eigenvalue weighted by Gasteiger charge is -2.62. The standard InChI is InChI=1S/C35H55NO10/c1-6-14-36(15-7-2)20-30(41)46-27-17-34(5)25(21(3)37)10-11-26(34)24-9-8-22-16-23(12-13-33(22,4)31(24)27)45-29(40)19-35(44,32(42)43)18-28(38)39/h22-27,31,44H,6-20H2,1-5H3,(H,38,39)(H,42,43)/t22?,23?,24-,25+,26-,27?,31+,33-,34+,35?/m0/s1. The van der Waals surface area contributed by atoms with Gasteiger partial charge in [-0.3, -0.25) is 24.1 Å². The Morgan fingerprint density at radius 3 is 2.13 bits per heavy atom. The molecule has 4 aliphatic carbocycles. The number of fused-ring (bicyclic) bond motifs is 5. The van der Waals surface area contributed by atoms with Crippen molar-refractivity contribution in [3.05, 3.63) is 0 Å². The number of carboxylic acid groups (broad SMARTS) is 2. The number of carbonyl (C=O) groups is 5.